The summed E-state index contributed by atoms with van der Waals surface area (Å²) < 4.78 is 19.6. The van der Waals surface area contributed by atoms with E-state index in [2.05, 4.69) is 45.1 Å². The second-order valence-corrected chi connectivity index (χ2v) is 8.03. The Bertz CT molecular complexity index is 359. The minimum absolute atomic E-state index is 0.456. The zero-order chi connectivity index (χ0) is 20.2. The summed E-state index contributed by atoms with van der Waals surface area (Å²) in [7, 11) is -2.14. The van der Waals surface area contributed by atoms with Gasteiger partial charge in [-0.1, -0.05) is 64.7 Å². The van der Waals surface area contributed by atoms with E-state index in [1.807, 2.05) is 0 Å². The maximum absolute atomic E-state index is 10.4. The van der Waals surface area contributed by atoms with Crippen LogP contribution in [-0.4, -0.2) is 42.8 Å². The van der Waals surface area contributed by atoms with Gasteiger partial charge in [-0.2, -0.15) is 0 Å². The molecule has 1 aliphatic heterocycles. The van der Waals surface area contributed by atoms with Crippen LogP contribution in [0.1, 0.15) is 91.9 Å². The van der Waals surface area contributed by atoms with Crippen LogP contribution in [0.4, 0.5) is 0 Å². The second-order valence-electron chi connectivity index (χ2n) is 6.95. The summed E-state index contributed by atoms with van der Waals surface area (Å²) in [6, 6.07) is 0. The molecule has 0 amide bonds. The van der Waals surface area contributed by atoms with Crippen molar-refractivity contribution in [3.63, 3.8) is 0 Å². The molecule has 0 aliphatic carbocycles. The highest BCUT2D eigenvalue weighted by Crippen LogP contribution is 2.21. The van der Waals surface area contributed by atoms with Gasteiger partial charge in [0.15, 0.2) is 0 Å². The van der Waals surface area contributed by atoms with Gasteiger partial charge < -0.3 is 18.8 Å². The fourth-order valence-corrected chi connectivity index (χ4v) is 3.50. The van der Waals surface area contributed by atoms with Crippen LogP contribution in [0, 0.1) is 0 Å². The molecule has 0 bridgehead atoms. The average Bonchev–Trinajstić information content (AvgIpc) is 3.12. The van der Waals surface area contributed by atoms with E-state index in [0.717, 1.165) is 13.2 Å². The first kappa shape index (κ1) is 26.5. The van der Waals surface area contributed by atoms with E-state index in [9.17, 15) is 4.57 Å². The summed E-state index contributed by atoms with van der Waals surface area (Å²) in [5, 5.41) is 0. The van der Waals surface area contributed by atoms with E-state index in [1.165, 1.54) is 70.8 Å². The molecule has 0 aromatic carbocycles. The van der Waals surface area contributed by atoms with Gasteiger partial charge in [0.25, 0.3) is 0 Å². The fraction of sp³-hybridized carbons (Fsp3) is 0.905. The first-order valence-corrected chi connectivity index (χ1v) is 12.4. The molecule has 27 heavy (non-hydrogen) atoms. The lowest BCUT2D eigenvalue weighted by atomic mass is 10.1. The Morgan fingerprint density at radius 3 is 1.67 bits per heavy atom. The van der Waals surface area contributed by atoms with Gasteiger partial charge in [0, 0.05) is 25.5 Å². The molecule has 1 rings (SSSR count). The van der Waals surface area contributed by atoms with Crippen molar-refractivity contribution in [2.45, 2.75) is 91.9 Å². The zero-order valence-corrected chi connectivity index (χ0v) is 19.4. The summed E-state index contributed by atoms with van der Waals surface area (Å²) >= 11 is 0. The minimum Gasteiger partial charge on any atom is -0.359 e. The van der Waals surface area contributed by atoms with Crippen LogP contribution in [0.3, 0.4) is 0 Å². The lowest BCUT2D eigenvalue weighted by Crippen LogP contribution is -2.25. The van der Waals surface area contributed by atoms with Crippen LogP contribution in [0.5, 0.6) is 0 Å². The minimum atomic E-state index is -2.14. The van der Waals surface area contributed by atoms with Crippen LogP contribution < -0.4 is 0 Å². The zero-order valence-electron chi connectivity index (χ0n) is 18.4. The van der Waals surface area contributed by atoms with Gasteiger partial charge in [0.05, 0.1) is 19.9 Å². The topological polar surface area (TPSA) is 42.0 Å². The molecule has 0 unspecified atom stereocenters. The van der Waals surface area contributed by atoms with Crippen molar-refractivity contribution in [3.8, 4) is 0 Å². The molecular formula is C21H45N2O3P. The molecule has 6 heteroatoms. The fourth-order valence-electron chi connectivity index (χ4n) is 2.95. The van der Waals surface area contributed by atoms with Crippen LogP contribution in [0.2, 0.25) is 0 Å². The van der Waals surface area contributed by atoms with Gasteiger partial charge in [-0.15, -0.1) is 0 Å². The lowest BCUT2D eigenvalue weighted by molar-refractivity contribution is 0.243. The molecule has 1 heterocycles. The van der Waals surface area contributed by atoms with Gasteiger partial charge in [0.2, 0.25) is 0 Å². The Hall–Kier alpha value is -0.510. The Balaban J connectivity index is 0.000000713. The van der Waals surface area contributed by atoms with Crippen molar-refractivity contribution < 1.29 is 13.6 Å². The molecule has 5 nitrogen and oxygen atoms in total. The van der Waals surface area contributed by atoms with Gasteiger partial charge in [-0.05, 0) is 27.2 Å². The number of hydrogen-bond donors (Lipinski definition) is 0. The molecule has 0 atom stereocenters. The number of rotatable bonds is 16. The maximum Gasteiger partial charge on any atom is 0.319 e. The monoisotopic (exact) mass is 404 g/mol. The second kappa shape index (κ2) is 20.2. The van der Waals surface area contributed by atoms with Crippen molar-refractivity contribution in [2.75, 3.05) is 33.0 Å². The standard InChI is InChI=1S/C17H34N2.C4H11O3P/c1-3-5-6-7-8-9-10-11-12-13-14-19-16-15-18(4-2)17-19;1-3-6-8(5)7-4-2/h15-16H,3-14,17H2,1-2H3;8H,3-4H2,1-2H3. The van der Waals surface area contributed by atoms with E-state index in [-0.39, 0.29) is 0 Å². The smallest absolute Gasteiger partial charge is 0.319 e. The lowest BCUT2D eigenvalue weighted by Gasteiger charge is -2.19. The van der Waals surface area contributed by atoms with E-state index < -0.39 is 8.25 Å². The molecule has 1 aliphatic rings. The highest BCUT2D eigenvalue weighted by molar-refractivity contribution is 7.33. The molecule has 0 radical (unpaired) electrons. The number of hydrogen-bond acceptors (Lipinski definition) is 5. The van der Waals surface area contributed by atoms with Gasteiger partial charge in [-0.25, -0.2) is 0 Å². The van der Waals surface area contributed by atoms with Crippen molar-refractivity contribution in [3.05, 3.63) is 12.4 Å². The van der Waals surface area contributed by atoms with Gasteiger partial charge in [0.1, 0.15) is 0 Å². The summed E-state index contributed by atoms with van der Waals surface area (Å²) in [6.07, 6.45) is 18.7. The summed E-state index contributed by atoms with van der Waals surface area (Å²) in [5.74, 6) is 0. The Morgan fingerprint density at radius 2 is 1.22 bits per heavy atom. The molecule has 0 saturated carbocycles. The van der Waals surface area contributed by atoms with E-state index in [0.29, 0.717) is 13.2 Å². The normalized spacial score (nSPS) is 13.4. The highest BCUT2D eigenvalue weighted by Gasteiger charge is 2.08. The Kier molecular flexibility index (Phi) is 19.8. The number of unbranched alkanes of at least 4 members (excludes halogenated alkanes) is 9. The molecular weight excluding hydrogens is 359 g/mol. The van der Waals surface area contributed by atoms with Crippen LogP contribution in [-0.2, 0) is 13.6 Å². The first-order chi connectivity index (χ1) is 13.2. The van der Waals surface area contributed by atoms with E-state index in [1.54, 1.807) is 13.8 Å². The van der Waals surface area contributed by atoms with Crippen molar-refractivity contribution >= 4 is 8.25 Å². The van der Waals surface area contributed by atoms with Crippen molar-refractivity contribution in [1.82, 2.24) is 9.80 Å². The third-order valence-corrected chi connectivity index (χ3v) is 5.63. The van der Waals surface area contributed by atoms with Gasteiger partial charge >= 0.3 is 8.25 Å². The van der Waals surface area contributed by atoms with Crippen LogP contribution in [0.25, 0.3) is 0 Å². The average molecular weight is 405 g/mol. The molecule has 0 aromatic rings. The van der Waals surface area contributed by atoms with Crippen LogP contribution in [0.15, 0.2) is 12.4 Å². The Morgan fingerprint density at radius 1 is 0.741 bits per heavy atom. The first-order valence-electron chi connectivity index (χ1n) is 11.1. The molecule has 0 spiro atoms. The SMILES string of the molecule is CCCCCCCCCCCCN1C=CN(CC)C1.CCO[PH](=O)OCC. The van der Waals surface area contributed by atoms with E-state index in [4.69, 9.17) is 0 Å². The molecule has 0 fully saturated rings. The predicted octanol–water partition coefficient (Wildman–Crippen LogP) is 6.42. The van der Waals surface area contributed by atoms with Gasteiger partial charge in [-0.3, -0.25) is 4.57 Å². The molecule has 0 saturated heterocycles. The van der Waals surface area contributed by atoms with E-state index >= 15 is 0 Å². The number of nitrogens with zero attached hydrogens (tertiary/aromatic N) is 2. The summed E-state index contributed by atoms with van der Waals surface area (Å²) in [6.45, 7) is 12.4. The molecule has 0 N–H and O–H groups in total. The quantitative estimate of drug-likeness (QED) is 0.219. The maximum atomic E-state index is 10.4. The largest absolute Gasteiger partial charge is 0.359 e. The Labute approximate surface area is 169 Å². The van der Waals surface area contributed by atoms with Crippen LogP contribution >= 0.6 is 8.25 Å². The highest BCUT2D eigenvalue weighted by atomic mass is 31.1. The van der Waals surface area contributed by atoms with Crippen molar-refractivity contribution in [2.24, 2.45) is 0 Å². The summed E-state index contributed by atoms with van der Waals surface area (Å²) in [5.41, 5.74) is 0. The predicted molar refractivity (Wildman–Crippen MR) is 117 cm³/mol. The summed E-state index contributed by atoms with van der Waals surface area (Å²) in [4.78, 5) is 4.80. The molecule has 0 aromatic heterocycles. The third kappa shape index (κ3) is 17.3. The molecule has 162 valence electrons. The van der Waals surface area contributed by atoms with Crippen molar-refractivity contribution in [1.29, 1.82) is 0 Å². The third-order valence-electron chi connectivity index (χ3n) is 4.58.